The normalized spacial score (nSPS) is 18.5. The number of benzene rings is 1. The van der Waals surface area contributed by atoms with Crippen LogP contribution in [0.5, 0.6) is 5.75 Å². The molecule has 38 heavy (non-hydrogen) atoms. The Morgan fingerprint density at radius 1 is 1.16 bits per heavy atom. The SMILES string of the molecule is CCCN1CCCCOc2cc(F)cc(c2)CC(C(O)CNCc2cncc(CC)c2)NC(=O)CCC1=O. The highest BCUT2D eigenvalue weighted by Gasteiger charge is 2.23. The average molecular weight is 529 g/mol. The van der Waals surface area contributed by atoms with Crippen LogP contribution < -0.4 is 15.4 Å². The lowest BCUT2D eigenvalue weighted by molar-refractivity contribution is -0.134. The van der Waals surface area contributed by atoms with Crippen molar-refractivity contribution in [2.75, 3.05) is 26.2 Å². The van der Waals surface area contributed by atoms with Gasteiger partial charge in [0, 0.05) is 57.5 Å². The maximum atomic E-state index is 14.4. The van der Waals surface area contributed by atoms with Crippen molar-refractivity contribution < 1.29 is 23.8 Å². The quantitative estimate of drug-likeness (QED) is 0.486. The number of ether oxygens (including phenoxy) is 1. The molecule has 9 heteroatoms. The lowest BCUT2D eigenvalue weighted by atomic mass is 10.00. The van der Waals surface area contributed by atoms with Gasteiger partial charge in [0.2, 0.25) is 11.8 Å². The molecule has 1 aromatic carbocycles. The van der Waals surface area contributed by atoms with Crippen LogP contribution in [0.2, 0.25) is 0 Å². The number of aryl methyl sites for hydroxylation is 1. The molecule has 2 unspecified atom stereocenters. The Morgan fingerprint density at radius 2 is 1.97 bits per heavy atom. The molecule has 0 spiro atoms. The van der Waals surface area contributed by atoms with Crippen LogP contribution in [0.3, 0.4) is 0 Å². The molecular formula is C29H41FN4O4. The topological polar surface area (TPSA) is 104 Å². The molecule has 2 aromatic rings. The van der Waals surface area contributed by atoms with Gasteiger partial charge in [-0.25, -0.2) is 4.39 Å². The highest BCUT2D eigenvalue weighted by atomic mass is 19.1. The molecule has 1 aliphatic heterocycles. The highest BCUT2D eigenvalue weighted by molar-refractivity contribution is 5.84. The zero-order valence-corrected chi connectivity index (χ0v) is 22.5. The minimum absolute atomic E-state index is 0.0304. The number of pyridine rings is 1. The van der Waals surface area contributed by atoms with E-state index in [1.165, 1.54) is 12.1 Å². The number of hydrogen-bond donors (Lipinski definition) is 3. The molecule has 0 radical (unpaired) electrons. The Balaban J connectivity index is 1.72. The molecule has 0 saturated heterocycles. The van der Waals surface area contributed by atoms with E-state index in [2.05, 4.69) is 28.6 Å². The van der Waals surface area contributed by atoms with Gasteiger partial charge in [0.15, 0.2) is 0 Å². The molecule has 2 atom stereocenters. The van der Waals surface area contributed by atoms with Crippen LogP contribution in [-0.4, -0.2) is 65.2 Å². The van der Waals surface area contributed by atoms with Crippen molar-refractivity contribution in [3.63, 3.8) is 0 Å². The molecule has 0 saturated carbocycles. The summed E-state index contributed by atoms with van der Waals surface area (Å²) in [4.78, 5) is 31.6. The fourth-order valence-electron chi connectivity index (χ4n) is 4.58. The Morgan fingerprint density at radius 3 is 2.76 bits per heavy atom. The number of hydrogen-bond acceptors (Lipinski definition) is 6. The van der Waals surface area contributed by atoms with E-state index in [-0.39, 0.29) is 37.6 Å². The summed E-state index contributed by atoms with van der Waals surface area (Å²) in [5, 5.41) is 17.1. The third kappa shape index (κ3) is 9.68. The number of carbonyl (C=O) groups is 2. The van der Waals surface area contributed by atoms with E-state index in [0.717, 1.165) is 36.8 Å². The first kappa shape index (κ1) is 29.5. The van der Waals surface area contributed by atoms with Gasteiger partial charge in [-0.1, -0.05) is 19.9 Å². The number of nitrogens with zero attached hydrogens (tertiary/aromatic N) is 2. The predicted molar refractivity (Wildman–Crippen MR) is 144 cm³/mol. The van der Waals surface area contributed by atoms with E-state index < -0.39 is 18.0 Å². The molecule has 8 nitrogen and oxygen atoms in total. The number of halogens is 1. The fourth-order valence-corrected chi connectivity index (χ4v) is 4.58. The van der Waals surface area contributed by atoms with Crippen LogP contribution in [0, 0.1) is 5.82 Å². The summed E-state index contributed by atoms with van der Waals surface area (Å²) in [6.07, 6.45) is 6.22. The van der Waals surface area contributed by atoms with Crippen LogP contribution in [0.25, 0.3) is 0 Å². The molecule has 0 aliphatic carbocycles. The van der Waals surface area contributed by atoms with Crippen molar-refractivity contribution in [3.05, 3.63) is 59.2 Å². The van der Waals surface area contributed by atoms with E-state index in [1.807, 2.05) is 13.1 Å². The molecule has 2 bridgehead atoms. The van der Waals surface area contributed by atoms with E-state index in [4.69, 9.17) is 4.74 Å². The maximum Gasteiger partial charge on any atom is 0.223 e. The second-order valence-corrected chi connectivity index (χ2v) is 9.86. The minimum Gasteiger partial charge on any atom is -0.493 e. The van der Waals surface area contributed by atoms with Crippen LogP contribution >= 0.6 is 0 Å². The Bertz CT molecular complexity index is 1050. The Kier molecular flexibility index (Phi) is 12.0. The number of aliphatic hydroxyl groups is 1. The van der Waals surface area contributed by atoms with Crippen LogP contribution in [0.1, 0.15) is 62.6 Å². The van der Waals surface area contributed by atoms with Crippen molar-refractivity contribution in [1.82, 2.24) is 20.5 Å². The van der Waals surface area contributed by atoms with Crippen molar-refractivity contribution >= 4 is 11.8 Å². The van der Waals surface area contributed by atoms with Gasteiger partial charge in [-0.2, -0.15) is 0 Å². The number of aliphatic hydroxyl groups excluding tert-OH is 1. The van der Waals surface area contributed by atoms with E-state index >= 15 is 0 Å². The molecule has 2 amide bonds. The third-order valence-corrected chi connectivity index (χ3v) is 6.64. The van der Waals surface area contributed by atoms with Crippen molar-refractivity contribution in [2.45, 2.75) is 77.5 Å². The monoisotopic (exact) mass is 528 g/mol. The Hall–Kier alpha value is -3.04. The van der Waals surface area contributed by atoms with Gasteiger partial charge < -0.3 is 25.4 Å². The zero-order chi connectivity index (χ0) is 27.3. The molecular weight excluding hydrogens is 487 g/mol. The van der Waals surface area contributed by atoms with Gasteiger partial charge in [-0.15, -0.1) is 0 Å². The third-order valence-electron chi connectivity index (χ3n) is 6.64. The summed E-state index contributed by atoms with van der Waals surface area (Å²) in [5.41, 5.74) is 2.74. The summed E-state index contributed by atoms with van der Waals surface area (Å²) in [6, 6.07) is 5.86. The van der Waals surface area contributed by atoms with Gasteiger partial charge in [0.1, 0.15) is 11.6 Å². The second kappa shape index (κ2) is 15.4. The summed E-state index contributed by atoms with van der Waals surface area (Å²) < 4.78 is 20.2. The number of aromatic nitrogens is 1. The van der Waals surface area contributed by atoms with Crippen LogP contribution in [0.15, 0.2) is 36.7 Å². The van der Waals surface area contributed by atoms with Gasteiger partial charge in [-0.05, 0) is 60.9 Å². The van der Waals surface area contributed by atoms with Gasteiger partial charge in [0.05, 0.1) is 18.8 Å². The zero-order valence-electron chi connectivity index (χ0n) is 22.5. The highest BCUT2D eigenvalue weighted by Crippen LogP contribution is 2.19. The Labute approximate surface area is 225 Å². The number of fused-ring (bicyclic) bond motifs is 2. The van der Waals surface area contributed by atoms with Gasteiger partial charge in [-0.3, -0.25) is 14.6 Å². The molecule has 0 fully saturated rings. The molecule has 3 rings (SSSR count). The summed E-state index contributed by atoms with van der Waals surface area (Å²) in [5.74, 6) is -0.392. The van der Waals surface area contributed by atoms with Crippen LogP contribution in [-0.2, 0) is 29.0 Å². The molecule has 1 aliphatic rings. The first-order chi connectivity index (χ1) is 18.4. The maximum absolute atomic E-state index is 14.4. The van der Waals surface area contributed by atoms with E-state index in [1.54, 1.807) is 17.2 Å². The summed E-state index contributed by atoms with van der Waals surface area (Å²) >= 11 is 0. The molecule has 208 valence electrons. The van der Waals surface area contributed by atoms with E-state index in [9.17, 15) is 19.1 Å². The predicted octanol–water partition coefficient (Wildman–Crippen LogP) is 3.15. The molecule has 2 heterocycles. The van der Waals surface area contributed by atoms with Crippen molar-refractivity contribution in [2.24, 2.45) is 0 Å². The lowest BCUT2D eigenvalue weighted by Gasteiger charge is -2.26. The number of nitrogens with one attached hydrogen (secondary N) is 2. The van der Waals surface area contributed by atoms with Crippen molar-refractivity contribution in [3.8, 4) is 5.75 Å². The number of rotatable bonds is 8. The fraction of sp³-hybridized carbons (Fsp3) is 0.552. The second-order valence-electron chi connectivity index (χ2n) is 9.86. The molecule has 3 N–H and O–H groups in total. The van der Waals surface area contributed by atoms with Crippen LogP contribution in [0.4, 0.5) is 4.39 Å². The first-order valence-corrected chi connectivity index (χ1v) is 13.7. The molecule has 1 aromatic heterocycles. The number of amides is 2. The average Bonchev–Trinajstić information content (AvgIpc) is 2.90. The minimum atomic E-state index is -0.944. The summed E-state index contributed by atoms with van der Waals surface area (Å²) in [7, 11) is 0. The summed E-state index contributed by atoms with van der Waals surface area (Å²) in [6.45, 7) is 6.45. The van der Waals surface area contributed by atoms with E-state index in [0.29, 0.717) is 37.6 Å². The lowest BCUT2D eigenvalue weighted by Crippen LogP contribution is -2.48. The van der Waals surface area contributed by atoms with Crippen molar-refractivity contribution in [1.29, 1.82) is 0 Å². The van der Waals surface area contributed by atoms with Gasteiger partial charge >= 0.3 is 0 Å². The standard InChI is InChI=1S/C29H41FN4O4/c1-3-9-34-10-5-6-11-38-25-14-22(13-24(30)16-25)15-26(33-28(36)7-8-29(34)37)27(35)20-32-19-23-12-21(4-2)17-31-18-23/h12-14,16-18,26-27,32,35H,3-11,15,19-20H2,1-2H3,(H,33,36). The number of carbonyl (C=O) groups excluding carboxylic acids is 2. The smallest absolute Gasteiger partial charge is 0.223 e. The first-order valence-electron chi connectivity index (χ1n) is 13.7. The van der Waals surface area contributed by atoms with Gasteiger partial charge in [0.25, 0.3) is 0 Å². The largest absolute Gasteiger partial charge is 0.493 e.